The number of benzene rings is 2. The van der Waals surface area contributed by atoms with Gasteiger partial charge in [0.1, 0.15) is 11.5 Å². The summed E-state index contributed by atoms with van der Waals surface area (Å²) in [7, 11) is 0. The van der Waals surface area contributed by atoms with Gasteiger partial charge in [-0.15, -0.1) is 10.2 Å². The number of carbonyl (C=O) groups is 1. The fourth-order valence-corrected chi connectivity index (χ4v) is 3.64. The molecule has 8 heteroatoms. The summed E-state index contributed by atoms with van der Waals surface area (Å²) in [5.41, 5.74) is 1.35. The van der Waals surface area contributed by atoms with Crippen molar-refractivity contribution in [1.82, 2.24) is 14.8 Å². The van der Waals surface area contributed by atoms with Gasteiger partial charge in [0, 0.05) is 6.54 Å². The molecule has 152 valence electrons. The number of rotatable bonds is 8. The number of aromatic hydroxyl groups is 1. The van der Waals surface area contributed by atoms with Crippen LogP contribution in [0.15, 0.2) is 53.7 Å². The van der Waals surface area contributed by atoms with Crippen LogP contribution in [-0.4, -0.2) is 31.5 Å². The van der Waals surface area contributed by atoms with Crippen molar-refractivity contribution in [3.63, 3.8) is 0 Å². The quantitative estimate of drug-likeness (QED) is 0.426. The van der Waals surface area contributed by atoms with E-state index in [2.05, 4.69) is 15.5 Å². The number of nitrogens with one attached hydrogen (secondary N) is 1. The van der Waals surface area contributed by atoms with Gasteiger partial charge in [-0.1, -0.05) is 36.0 Å². The zero-order valence-corrected chi connectivity index (χ0v) is 17.4. The van der Waals surface area contributed by atoms with Gasteiger partial charge in [-0.2, -0.15) is 0 Å². The van der Waals surface area contributed by atoms with Crippen molar-refractivity contribution in [2.45, 2.75) is 38.6 Å². The first-order valence-electron chi connectivity index (χ1n) is 9.35. The molecule has 3 rings (SSSR count). The number of aryl methyl sites for hydroxylation is 1. The number of nitrogens with zero attached hydrogens (tertiary/aromatic N) is 3. The van der Waals surface area contributed by atoms with Gasteiger partial charge in [0.15, 0.2) is 17.1 Å². The molecule has 0 saturated carbocycles. The van der Waals surface area contributed by atoms with Gasteiger partial charge in [0.25, 0.3) is 0 Å². The first kappa shape index (κ1) is 20.7. The van der Waals surface area contributed by atoms with Crippen LogP contribution in [0.1, 0.15) is 31.3 Å². The molecule has 0 aliphatic heterocycles. The molecule has 1 atom stereocenters. The van der Waals surface area contributed by atoms with Gasteiger partial charge >= 0.3 is 0 Å². The number of thioether (sulfide) groups is 1. The maximum Gasteiger partial charge on any atom is 0.234 e. The highest BCUT2D eigenvalue weighted by Crippen LogP contribution is 2.26. The lowest BCUT2D eigenvalue weighted by molar-refractivity contribution is -0.113. The van der Waals surface area contributed by atoms with Crippen molar-refractivity contribution in [2.24, 2.45) is 0 Å². The SMILES string of the molecule is CCn1c(SCC(=O)Nc2cc(C)ccc2O)nnc1C(C)Oc1ccccc1. The zero-order valence-electron chi connectivity index (χ0n) is 16.6. The van der Waals surface area contributed by atoms with Crippen molar-refractivity contribution >= 4 is 23.4 Å². The zero-order chi connectivity index (χ0) is 20.8. The number of amides is 1. The molecule has 29 heavy (non-hydrogen) atoms. The van der Waals surface area contributed by atoms with Crippen LogP contribution in [0.5, 0.6) is 11.5 Å². The first-order valence-corrected chi connectivity index (χ1v) is 10.3. The smallest absolute Gasteiger partial charge is 0.234 e. The molecule has 0 aliphatic carbocycles. The molecule has 0 radical (unpaired) electrons. The minimum atomic E-state index is -0.280. The fraction of sp³-hybridized carbons (Fsp3) is 0.286. The van der Waals surface area contributed by atoms with Gasteiger partial charge in [-0.05, 0) is 50.6 Å². The minimum Gasteiger partial charge on any atom is -0.506 e. The second-order valence-electron chi connectivity index (χ2n) is 6.52. The van der Waals surface area contributed by atoms with E-state index in [0.29, 0.717) is 23.2 Å². The summed E-state index contributed by atoms with van der Waals surface area (Å²) in [4.78, 5) is 12.3. The maximum absolute atomic E-state index is 12.3. The van der Waals surface area contributed by atoms with Crippen molar-refractivity contribution in [1.29, 1.82) is 0 Å². The Hall–Kier alpha value is -3.00. The number of carbonyl (C=O) groups excluding carboxylic acids is 1. The van der Waals surface area contributed by atoms with E-state index in [1.54, 1.807) is 18.2 Å². The van der Waals surface area contributed by atoms with Crippen molar-refractivity contribution in [2.75, 3.05) is 11.1 Å². The molecule has 3 aromatic rings. The lowest BCUT2D eigenvalue weighted by atomic mass is 10.2. The third kappa shape index (κ3) is 5.29. The molecule has 0 saturated heterocycles. The summed E-state index contributed by atoms with van der Waals surface area (Å²) in [6, 6.07) is 14.6. The number of aromatic nitrogens is 3. The van der Waals surface area contributed by atoms with Gasteiger partial charge in [-0.3, -0.25) is 4.79 Å². The number of hydrogen-bond acceptors (Lipinski definition) is 6. The Bertz CT molecular complexity index is 975. The van der Waals surface area contributed by atoms with Gasteiger partial charge in [0.2, 0.25) is 5.91 Å². The van der Waals surface area contributed by atoms with Gasteiger partial charge in [0.05, 0.1) is 11.4 Å². The molecule has 0 fully saturated rings. The average molecular weight is 413 g/mol. The predicted molar refractivity (Wildman–Crippen MR) is 113 cm³/mol. The summed E-state index contributed by atoms with van der Waals surface area (Å²) in [5.74, 6) is 1.43. The van der Waals surface area contributed by atoms with E-state index >= 15 is 0 Å². The summed E-state index contributed by atoms with van der Waals surface area (Å²) in [6.45, 7) is 6.48. The first-order chi connectivity index (χ1) is 14.0. The van der Waals surface area contributed by atoms with Crippen LogP contribution in [0.3, 0.4) is 0 Å². The monoisotopic (exact) mass is 412 g/mol. The molecule has 7 nitrogen and oxygen atoms in total. The predicted octanol–water partition coefficient (Wildman–Crippen LogP) is 4.18. The van der Waals surface area contributed by atoms with E-state index < -0.39 is 0 Å². The molecular weight excluding hydrogens is 388 g/mol. The molecule has 1 unspecified atom stereocenters. The highest BCUT2D eigenvalue weighted by molar-refractivity contribution is 7.99. The van der Waals surface area contributed by atoms with Crippen molar-refractivity contribution in [3.05, 3.63) is 59.9 Å². The Morgan fingerprint density at radius 3 is 2.72 bits per heavy atom. The molecule has 2 N–H and O–H groups in total. The van der Waals surface area contributed by atoms with Crippen molar-refractivity contribution < 1.29 is 14.6 Å². The molecule has 2 aromatic carbocycles. The number of ether oxygens (including phenoxy) is 1. The Kier molecular flexibility index (Phi) is 6.77. The molecule has 1 amide bonds. The van der Waals surface area contributed by atoms with Crippen molar-refractivity contribution in [3.8, 4) is 11.5 Å². The third-order valence-electron chi connectivity index (χ3n) is 4.24. The van der Waals surface area contributed by atoms with E-state index in [1.165, 1.54) is 11.8 Å². The fourth-order valence-electron chi connectivity index (χ4n) is 2.83. The highest BCUT2D eigenvalue weighted by atomic mass is 32.2. The van der Waals surface area contributed by atoms with Crippen LogP contribution >= 0.6 is 11.8 Å². The minimum absolute atomic E-state index is 0.0415. The Labute approximate surface area is 174 Å². The number of anilines is 1. The summed E-state index contributed by atoms with van der Waals surface area (Å²) in [5, 5.41) is 21.7. The van der Waals surface area contributed by atoms with E-state index in [0.717, 1.165) is 11.3 Å². The molecule has 0 bridgehead atoms. The van der Waals surface area contributed by atoms with Gasteiger partial charge in [-0.25, -0.2) is 0 Å². The number of phenolic OH excluding ortho intramolecular Hbond substituents is 1. The van der Waals surface area contributed by atoms with Crippen LogP contribution in [0.25, 0.3) is 0 Å². The van der Waals surface area contributed by atoms with Crippen LogP contribution < -0.4 is 10.1 Å². The van der Waals surface area contributed by atoms with E-state index in [-0.39, 0.29) is 23.5 Å². The third-order valence-corrected chi connectivity index (χ3v) is 5.21. The summed E-state index contributed by atoms with van der Waals surface area (Å²) in [6.07, 6.45) is -0.280. The van der Waals surface area contributed by atoms with Crippen LogP contribution in [0.4, 0.5) is 5.69 Å². The average Bonchev–Trinajstić information content (AvgIpc) is 3.13. The molecule has 0 aliphatic rings. The lowest BCUT2D eigenvalue weighted by Gasteiger charge is -2.15. The molecule has 1 heterocycles. The largest absolute Gasteiger partial charge is 0.506 e. The standard InChI is InChI=1S/C21H24N4O3S/c1-4-25-20(15(3)28-16-8-6-5-7-9-16)23-24-21(25)29-13-19(27)22-17-12-14(2)10-11-18(17)26/h5-12,15,26H,4,13H2,1-3H3,(H,22,27). The number of hydrogen-bond donors (Lipinski definition) is 2. The van der Waals surface area contributed by atoms with Gasteiger partial charge < -0.3 is 19.7 Å². The maximum atomic E-state index is 12.3. The lowest BCUT2D eigenvalue weighted by Crippen LogP contribution is -2.15. The summed E-state index contributed by atoms with van der Waals surface area (Å²) < 4.78 is 7.89. The highest BCUT2D eigenvalue weighted by Gasteiger charge is 2.19. The normalized spacial score (nSPS) is 11.8. The number of para-hydroxylation sites is 1. The Balaban J connectivity index is 1.64. The van der Waals surface area contributed by atoms with E-state index in [9.17, 15) is 9.90 Å². The molecule has 0 spiro atoms. The second kappa shape index (κ2) is 9.47. The Morgan fingerprint density at radius 1 is 1.24 bits per heavy atom. The number of phenols is 1. The van der Waals surface area contributed by atoms with Crippen LogP contribution in [-0.2, 0) is 11.3 Å². The summed E-state index contributed by atoms with van der Waals surface area (Å²) >= 11 is 1.29. The topological polar surface area (TPSA) is 89.3 Å². The van der Waals surface area contributed by atoms with E-state index in [4.69, 9.17) is 4.74 Å². The Morgan fingerprint density at radius 2 is 2.00 bits per heavy atom. The van der Waals surface area contributed by atoms with Crippen LogP contribution in [0, 0.1) is 6.92 Å². The van der Waals surface area contributed by atoms with E-state index in [1.807, 2.05) is 55.7 Å². The molecular formula is C21H24N4O3S. The van der Waals surface area contributed by atoms with Crippen LogP contribution in [0.2, 0.25) is 0 Å². The molecule has 1 aromatic heterocycles. The second-order valence-corrected chi connectivity index (χ2v) is 7.46.